The number of methoxy groups -OCH3 is 1. The lowest BCUT2D eigenvalue weighted by Gasteiger charge is -2.62. The zero-order chi connectivity index (χ0) is 28.0. The molecule has 0 saturated heterocycles. The lowest BCUT2D eigenvalue weighted by Crippen LogP contribution is -2.58. The second-order valence-corrected chi connectivity index (χ2v) is 14.7. The molecular weight excluding hydrogens is 482 g/mol. The molecular formula is C31H53NO6. The predicted molar refractivity (Wildman–Crippen MR) is 146 cm³/mol. The van der Waals surface area contributed by atoms with Gasteiger partial charge in [-0.3, -0.25) is 0 Å². The second-order valence-electron chi connectivity index (χ2n) is 14.7. The zero-order valence-corrected chi connectivity index (χ0v) is 24.8. The second kappa shape index (κ2) is 10.9. The van der Waals surface area contributed by atoms with Crippen LogP contribution < -0.4 is 5.32 Å². The maximum Gasteiger partial charge on any atom is 0.408 e. The van der Waals surface area contributed by atoms with Crippen LogP contribution in [-0.2, 0) is 14.3 Å². The van der Waals surface area contributed by atoms with Gasteiger partial charge in [-0.2, -0.15) is 0 Å². The van der Waals surface area contributed by atoms with Crippen LogP contribution in [0.25, 0.3) is 0 Å². The van der Waals surface area contributed by atoms with Crippen molar-refractivity contribution < 1.29 is 29.3 Å². The van der Waals surface area contributed by atoms with Crippen molar-refractivity contribution in [2.24, 2.45) is 46.3 Å². The molecule has 0 aliphatic heterocycles. The van der Waals surface area contributed by atoms with Gasteiger partial charge in [-0.05, 0) is 131 Å². The van der Waals surface area contributed by atoms with Crippen LogP contribution >= 0.6 is 0 Å². The molecule has 7 heteroatoms. The van der Waals surface area contributed by atoms with Gasteiger partial charge in [0.05, 0.1) is 19.3 Å². The smallest absolute Gasteiger partial charge is 0.408 e. The first-order valence-electron chi connectivity index (χ1n) is 15.1. The Morgan fingerprint density at radius 3 is 2.37 bits per heavy atom. The molecule has 7 nitrogen and oxygen atoms in total. The molecule has 4 saturated carbocycles. The van der Waals surface area contributed by atoms with Crippen molar-refractivity contribution in [2.75, 3.05) is 7.11 Å². The minimum absolute atomic E-state index is 0.128. The van der Waals surface area contributed by atoms with Gasteiger partial charge in [0.25, 0.3) is 0 Å². The van der Waals surface area contributed by atoms with Crippen LogP contribution in [0.3, 0.4) is 0 Å². The van der Waals surface area contributed by atoms with Crippen LogP contribution in [0.4, 0.5) is 4.79 Å². The van der Waals surface area contributed by atoms with Crippen molar-refractivity contribution in [3.8, 4) is 0 Å². The molecule has 4 aliphatic carbocycles. The number of alkyl carbamates (subject to hydrolysis) is 1. The highest BCUT2D eigenvalue weighted by Gasteiger charge is 2.63. The van der Waals surface area contributed by atoms with Gasteiger partial charge in [0, 0.05) is 0 Å². The number of ether oxygens (including phenoxy) is 2. The van der Waals surface area contributed by atoms with E-state index < -0.39 is 23.7 Å². The Hall–Kier alpha value is -1.34. The zero-order valence-electron chi connectivity index (χ0n) is 24.8. The number of carbonyl (C=O) groups is 2. The van der Waals surface area contributed by atoms with Gasteiger partial charge < -0.3 is 25.0 Å². The van der Waals surface area contributed by atoms with Gasteiger partial charge >= 0.3 is 12.1 Å². The van der Waals surface area contributed by atoms with Crippen LogP contribution in [0.5, 0.6) is 0 Å². The van der Waals surface area contributed by atoms with E-state index in [0.29, 0.717) is 41.9 Å². The van der Waals surface area contributed by atoms with Crippen LogP contribution in [0.2, 0.25) is 0 Å². The maximum absolute atomic E-state index is 12.5. The summed E-state index contributed by atoms with van der Waals surface area (Å²) in [4.78, 5) is 24.8. The van der Waals surface area contributed by atoms with E-state index in [2.05, 4.69) is 26.1 Å². The predicted octanol–water partition coefficient (Wildman–Crippen LogP) is 5.46. The number of amides is 1. The Labute approximate surface area is 229 Å². The van der Waals surface area contributed by atoms with Gasteiger partial charge in [0.1, 0.15) is 11.6 Å². The van der Waals surface area contributed by atoms with E-state index in [9.17, 15) is 19.8 Å². The van der Waals surface area contributed by atoms with Gasteiger partial charge in [0.2, 0.25) is 0 Å². The Kier molecular flexibility index (Phi) is 8.51. The van der Waals surface area contributed by atoms with Gasteiger partial charge in [-0.25, -0.2) is 9.59 Å². The van der Waals surface area contributed by atoms with E-state index >= 15 is 0 Å². The molecule has 4 fully saturated rings. The molecule has 0 radical (unpaired) electrons. The lowest BCUT2D eigenvalue weighted by molar-refractivity contribution is -0.175. The highest BCUT2D eigenvalue weighted by molar-refractivity contribution is 5.81. The van der Waals surface area contributed by atoms with E-state index in [4.69, 9.17) is 9.47 Å². The molecule has 4 aliphatic rings. The van der Waals surface area contributed by atoms with Crippen LogP contribution in [0, 0.1) is 46.3 Å². The number of hydrogen-bond acceptors (Lipinski definition) is 6. The minimum atomic E-state index is -0.750. The molecule has 38 heavy (non-hydrogen) atoms. The van der Waals surface area contributed by atoms with Crippen molar-refractivity contribution in [2.45, 2.75) is 130 Å². The van der Waals surface area contributed by atoms with Crippen LogP contribution in [0.1, 0.15) is 106 Å². The summed E-state index contributed by atoms with van der Waals surface area (Å²) in [5, 5.41) is 24.8. The van der Waals surface area contributed by atoms with Crippen molar-refractivity contribution >= 4 is 12.1 Å². The fourth-order valence-electron chi connectivity index (χ4n) is 9.63. The van der Waals surface area contributed by atoms with Gasteiger partial charge in [0.15, 0.2) is 0 Å². The molecule has 218 valence electrons. The molecule has 1 amide bonds. The normalized spacial score (nSPS) is 42.2. The fourth-order valence-corrected chi connectivity index (χ4v) is 9.63. The summed E-state index contributed by atoms with van der Waals surface area (Å²) >= 11 is 0. The van der Waals surface area contributed by atoms with Crippen molar-refractivity contribution in [3.05, 3.63) is 0 Å². The Morgan fingerprint density at radius 1 is 1.00 bits per heavy atom. The van der Waals surface area contributed by atoms with Crippen molar-refractivity contribution in [3.63, 3.8) is 0 Å². The number of carbonyl (C=O) groups excluding carboxylic acids is 2. The summed E-state index contributed by atoms with van der Waals surface area (Å²) in [6.45, 7) is 12.4. The molecule has 0 bridgehead atoms. The Morgan fingerprint density at radius 2 is 1.71 bits per heavy atom. The average Bonchev–Trinajstić information content (AvgIpc) is 3.20. The number of hydrogen-bond donors (Lipinski definition) is 3. The summed E-state index contributed by atoms with van der Waals surface area (Å²) < 4.78 is 10.3. The SMILES string of the molecule is COC(=O)C(CC[C@@H](C)[C@H]1CC[C@H]2[C@@H]3CC[C@@H]4C[C@H](O)CC[C@]4(C)[C@H]3C[C@H](O)[C@]12C)NC(=O)OC(C)(C)C. The largest absolute Gasteiger partial charge is 0.467 e. The van der Waals surface area contributed by atoms with Crippen LogP contribution in [-0.4, -0.2) is 53.2 Å². The first-order valence-corrected chi connectivity index (χ1v) is 15.1. The number of nitrogens with one attached hydrogen (secondary N) is 1. The van der Waals surface area contributed by atoms with Gasteiger partial charge in [-0.1, -0.05) is 20.8 Å². The third-order valence-corrected chi connectivity index (χ3v) is 11.6. The average molecular weight is 536 g/mol. The topological polar surface area (TPSA) is 105 Å². The third-order valence-electron chi connectivity index (χ3n) is 11.6. The van der Waals surface area contributed by atoms with Crippen LogP contribution in [0.15, 0.2) is 0 Å². The molecule has 0 spiro atoms. The Balaban J connectivity index is 1.44. The number of rotatable bonds is 6. The quantitative estimate of drug-likeness (QED) is 0.390. The Bertz CT molecular complexity index is 871. The highest BCUT2D eigenvalue weighted by atomic mass is 16.6. The van der Waals surface area contributed by atoms with E-state index in [-0.39, 0.29) is 23.0 Å². The minimum Gasteiger partial charge on any atom is -0.467 e. The number of esters is 1. The summed E-state index contributed by atoms with van der Waals surface area (Å²) in [5.74, 6) is 2.51. The van der Waals surface area contributed by atoms with Gasteiger partial charge in [-0.15, -0.1) is 0 Å². The number of aliphatic hydroxyl groups is 2. The maximum atomic E-state index is 12.5. The molecule has 1 unspecified atom stereocenters. The van der Waals surface area contributed by atoms with E-state index in [0.717, 1.165) is 44.9 Å². The first-order chi connectivity index (χ1) is 17.7. The van der Waals surface area contributed by atoms with Crippen molar-refractivity contribution in [1.29, 1.82) is 0 Å². The molecule has 3 N–H and O–H groups in total. The summed E-state index contributed by atoms with van der Waals surface area (Å²) in [7, 11) is 1.34. The molecule has 0 aromatic heterocycles. The molecule has 4 rings (SSSR count). The molecule has 0 heterocycles. The standard InChI is InChI=1S/C31H53NO6/c1-18(8-13-25(27(35)37-7)32-28(36)38-29(2,3)4)22-11-12-23-21-10-9-19-16-20(33)14-15-30(19,5)24(21)17-26(34)31(22,23)6/h18-26,33-34H,8-17H2,1-7H3,(H,32,36)/t18-,19-,20-,21+,22-,23+,24+,25?,26+,30+,31-/m1/s1. The third kappa shape index (κ3) is 5.48. The number of aliphatic hydroxyl groups excluding tert-OH is 2. The van der Waals surface area contributed by atoms with Crippen molar-refractivity contribution in [1.82, 2.24) is 5.32 Å². The van der Waals surface area contributed by atoms with E-state index in [1.807, 2.05) is 0 Å². The number of fused-ring (bicyclic) bond motifs is 5. The molecule has 0 aromatic carbocycles. The summed E-state index contributed by atoms with van der Waals surface area (Å²) in [5.41, 5.74) is -0.541. The lowest BCUT2D eigenvalue weighted by atomic mass is 9.43. The fraction of sp³-hybridized carbons (Fsp3) is 0.935. The first kappa shape index (κ1) is 29.6. The molecule has 11 atom stereocenters. The van der Waals surface area contributed by atoms with E-state index in [1.54, 1.807) is 20.8 Å². The summed E-state index contributed by atoms with van der Waals surface area (Å²) in [6.07, 6.45) is 8.60. The molecule has 0 aromatic rings. The van der Waals surface area contributed by atoms with E-state index in [1.165, 1.54) is 20.0 Å². The monoisotopic (exact) mass is 535 g/mol. The summed E-state index contributed by atoms with van der Waals surface area (Å²) in [6, 6.07) is -0.750. The highest BCUT2D eigenvalue weighted by Crippen LogP contribution is 2.68.